The predicted octanol–water partition coefficient (Wildman–Crippen LogP) is 4.31. The molecular weight excluding hydrogens is 416 g/mol. The molecule has 31 heavy (non-hydrogen) atoms. The van der Waals surface area contributed by atoms with Gasteiger partial charge in [0.1, 0.15) is 5.58 Å². The lowest BCUT2D eigenvalue weighted by molar-refractivity contribution is -0.126. The number of benzene rings is 2. The van der Waals surface area contributed by atoms with Crippen molar-refractivity contribution in [1.82, 2.24) is 4.90 Å². The van der Waals surface area contributed by atoms with Crippen molar-refractivity contribution in [3.8, 4) is 0 Å². The second-order valence-electron chi connectivity index (χ2n) is 7.86. The monoisotopic (exact) mass is 436 g/mol. The Balaban J connectivity index is 1.92. The molecule has 0 fully saturated rings. The van der Waals surface area contributed by atoms with Crippen molar-refractivity contribution in [2.45, 2.75) is 32.2 Å². The maximum absolute atomic E-state index is 14.0. The van der Waals surface area contributed by atoms with E-state index in [0.717, 1.165) is 6.42 Å². The first kappa shape index (κ1) is 19.8. The van der Waals surface area contributed by atoms with Gasteiger partial charge in [0.15, 0.2) is 11.0 Å². The number of carbonyl (C=O) groups is 2. The normalized spacial score (nSPS) is 19.6. The molecule has 2 aliphatic heterocycles. The maximum Gasteiger partial charge on any atom is 0.291 e. The Labute approximate surface area is 184 Å². The Morgan fingerprint density at radius 3 is 2.58 bits per heavy atom. The molecule has 0 bridgehead atoms. The summed E-state index contributed by atoms with van der Waals surface area (Å²) in [6.45, 7) is 4.66. The van der Waals surface area contributed by atoms with Gasteiger partial charge in [-0.1, -0.05) is 43.1 Å². The molecule has 5 rings (SSSR count). The van der Waals surface area contributed by atoms with E-state index < -0.39 is 16.9 Å². The Bertz CT molecular complexity index is 1310. The van der Waals surface area contributed by atoms with Crippen molar-refractivity contribution in [3.63, 3.8) is 0 Å². The molecule has 3 heterocycles. The zero-order valence-electron chi connectivity index (χ0n) is 17.3. The molecule has 1 spiro atoms. The molecule has 1 atom stereocenters. The van der Waals surface area contributed by atoms with Crippen LogP contribution < -0.4 is 10.3 Å². The molecule has 2 aliphatic rings. The first-order chi connectivity index (χ1) is 15.0. The standard InChI is InChI=1S/C24H21ClN2O4/c1-3-5-12-27-22(29)21-19(20(28)15-13-14(25)10-11-18(15)31-21)24(27)16-8-6-7-9-17(16)26(4-2)23(24)30/h6-11,13H,3-5,12H2,1-2H3/t24-/m1/s1. The molecule has 2 amide bonds. The Hall–Kier alpha value is -3.12. The second-order valence-corrected chi connectivity index (χ2v) is 8.30. The van der Waals surface area contributed by atoms with Crippen LogP contribution in [0.4, 0.5) is 5.69 Å². The summed E-state index contributed by atoms with van der Waals surface area (Å²) < 4.78 is 5.96. The van der Waals surface area contributed by atoms with E-state index in [-0.39, 0.29) is 28.2 Å². The highest BCUT2D eigenvalue weighted by Gasteiger charge is 2.64. The molecule has 2 aromatic carbocycles. The smallest absolute Gasteiger partial charge is 0.291 e. The van der Waals surface area contributed by atoms with Gasteiger partial charge in [0.2, 0.25) is 5.76 Å². The Morgan fingerprint density at radius 2 is 1.84 bits per heavy atom. The number of halogens is 1. The van der Waals surface area contributed by atoms with Crippen LogP contribution in [0.1, 0.15) is 48.4 Å². The SMILES string of the molecule is CCCCN1C(=O)c2oc3ccc(Cl)cc3c(=O)c2[C@]12C(=O)N(CC)c1ccccc12. The topological polar surface area (TPSA) is 70.8 Å². The van der Waals surface area contributed by atoms with Crippen LogP contribution >= 0.6 is 11.6 Å². The van der Waals surface area contributed by atoms with E-state index in [1.165, 1.54) is 11.0 Å². The Kier molecular flexibility index (Phi) is 4.45. The predicted molar refractivity (Wildman–Crippen MR) is 119 cm³/mol. The van der Waals surface area contributed by atoms with E-state index in [1.54, 1.807) is 17.0 Å². The van der Waals surface area contributed by atoms with Crippen LogP contribution in [-0.4, -0.2) is 29.8 Å². The zero-order chi connectivity index (χ0) is 21.9. The third-order valence-corrected chi connectivity index (χ3v) is 6.48. The molecule has 6 nitrogen and oxygen atoms in total. The fourth-order valence-electron chi connectivity index (χ4n) is 4.89. The van der Waals surface area contributed by atoms with Gasteiger partial charge in [-0.2, -0.15) is 0 Å². The number of nitrogens with zero attached hydrogens (tertiary/aromatic N) is 2. The lowest BCUT2D eigenvalue weighted by atomic mass is 9.84. The van der Waals surface area contributed by atoms with Crippen LogP contribution in [-0.2, 0) is 10.3 Å². The second kappa shape index (κ2) is 6.95. The highest BCUT2D eigenvalue weighted by atomic mass is 35.5. The van der Waals surface area contributed by atoms with E-state index in [1.807, 2.05) is 38.1 Å². The quantitative estimate of drug-likeness (QED) is 0.611. The van der Waals surface area contributed by atoms with Crippen molar-refractivity contribution in [1.29, 1.82) is 0 Å². The van der Waals surface area contributed by atoms with Gasteiger partial charge in [0.05, 0.1) is 16.6 Å². The van der Waals surface area contributed by atoms with Gasteiger partial charge in [0, 0.05) is 23.7 Å². The first-order valence-electron chi connectivity index (χ1n) is 10.5. The molecule has 7 heteroatoms. The number of hydrogen-bond acceptors (Lipinski definition) is 4. The first-order valence-corrected chi connectivity index (χ1v) is 10.8. The van der Waals surface area contributed by atoms with Crippen LogP contribution in [0.2, 0.25) is 5.02 Å². The van der Waals surface area contributed by atoms with Crippen molar-refractivity contribution in [2.24, 2.45) is 0 Å². The molecule has 0 unspecified atom stereocenters. The third kappa shape index (κ3) is 2.42. The Morgan fingerprint density at radius 1 is 1.06 bits per heavy atom. The number of carbonyl (C=O) groups excluding carboxylic acids is 2. The summed E-state index contributed by atoms with van der Waals surface area (Å²) in [7, 11) is 0. The fourth-order valence-corrected chi connectivity index (χ4v) is 5.07. The van der Waals surface area contributed by atoms with Crippen LogP contribution in [0.25, 0.3) is 11.0 Å². The third-order valence-electron chi connectivity index (χ3n) is 6.25. The summed E-state index contributed by atoms with van der Waals surface area (Å²) in [4.78, 5) is 44.5. The summed E-state index contributed by atoms with van der Waals surface area (Å²) in [5, 5.41) is 0.644. The molecule has 0 aliphatic carbocycles. The fraction of sp³-hybridized carbons (Fsp3) is 0.292. The van der Waals surface area contributed by atoms with Crippen LogP contribution in [0.3, 0.4) is 0 Å². The van der Waals surface area contributed by atoms with Crippen molar-refractivity contribution in [3.05, 3.63) is 74.6 Å². The number of rotatable bonds is 4. The van der Waals surface area contributed by atoms with E-state index >= 15 is 0 Å². The van der Waals surface area contributed by atoms with Crippen molar-refractivity contribution < 1.29 is 14.0 Å². The molecular formula is C24H21ClN2O4. The molecule has 0 N–H and O–H groups in total. The van der Waals surface area contributed by atoms with E-state index in [2.05, 4.69) is 0 Å². The van der Waals surface area contributed by atoms with Crippen molar-refractivity contribution in [2.75, 3.05) is 18.0 Å². The number of likely N-dealkylation sites (N-methyl/N-ethyl adjacent to an activating group) is 1. The number of unbranched alkanes of at least 4 members (excludes halogenated alkanes) is 1. The molecule has 0 radical (unpaired) electrons. The lowest BCUT2D eigenvalue weighted by Gasteiger charge is -2.34. The average Bonchev–Trinajstić information content (AvgIpc) is 3.17. The van der Waals surface area contributed by atoms with Gasteiger partial charge in [0.25, 0.3) is 11.8 Å². The largest absolute Gasteiger partial charge is 0.450 e. The highest BCUT2D eigenvalue weighted by molar-refractivity contribution is 6.31. The van der Waals surface area contributed by atoms with Gasteiger partial charge >= 0.3 is 0 Å². The lowest BCUT2D eigenvalue weighted by Crippen LogP contribution is -2.53. The van der Waals surface area contributed by atoms with E-state index in [4.69, 9.17) is 16.0 Å². The summed E-state index contributed by atoms with van der Waals surface area (Å²) in [5.74, 6) is -0.788. The van der Waals surface area contributed by atoms with Crippen molar-refractivity contribution >= 4 is 40.1 Å². The minimum atomic E-state index is -1.52. The van der Waals surface area contributed by atoms with Gasteiger partial charge in [-0.3, -0.25) is 14.4 Å². The number of para-hydroxylation sites is 1. The molecule has 1 aromatic heterocycles. The van der Waals surface area contributed by atoms with Gasteiger partial charge in [-0.25, -0.2) is 0 Å². The number of anilines is 1. The summed E-state index contributed by atoms with van der Waals surface area (Å²) in [6, 6.07) is 12.1. The highest BCUT2D eigenvalue weighted by Crippen LogP contribution is 2.52. The molecule has 158 valence electrons. The molecule has 0 saturated heterocycles. The molecule has 0 saturated carbocycles. The van der Waals surface area contributed by atoms with Crippen LogP contribution in [0.15, 0.2) is 51.7 Å². The number of hydrogen-bond donors (Lipinski definition) is 0. The van der Waals surface area contributed by atoms with Gasteiger partial charge in [-0.05, 0) is 37.6 Å². The molecule has 3 aromatic rings. The van der Waals surface area contributed by atoms with Gasteiger partial charge in [-0.15, -0.1) is 0 Å². The minimum absolute atomic E-state index is 0.0583. The van der Waals surface area contributed by atoms with Crippen LogP contribution in [0.5, 0.6) is 0 Å². The van der Waals surface area contributed by atoms with E-state index in [9.17, 15) is 14.4 Å². The minimum Gasteiger partial charge on any atom is -0.450 e. The zero-order valence-corrected chi connectivity index (χ0v) is 18.0. The summed E-state index contributed by atoms with van der Waals surface area (Å²) >= 11 is 6.14. The summed E-state index contributed by atoms with van der Waals surface area (Å²) in [6.07, 6.45) is 1.53. The summed E-state index contributed by atoms with van der Waals surface area (Å²) in [5.41, 5.74) is -0.198. The maximum atomic E-state index is 14.0. The van der Waals surface area contributed by atoms with Gasteiger partial charge < -0.3 is 14.2 Å². The van der Waals surface area contributed by atoms with Crippen LogP contribution in [0, 0.1) is 0 Å². The average molecular weight is 437 g/mol. The number of amides is 2. The van der Waals surface area contributed by atoms with E-state index in [0.29, 0.717) is 35.8 Å². The number of fused-ring (bicyclic) bond motifs is 5.